The summed E-state index contributed by atoms with van der Waals surface area (Å²) < 4.78 is 0. The van der Waals surface area contributed by atoms with Crippen LogP contribution >= 0.6 is 0 Å². The molecule has 4 heteroatoms. The molecule has 108 valence electrons. The Morgan fingerprint density at radius 2 is 2.05 bits per heavy atom. The predicted molar refractivity (Wildman–Crippen MR) is 77.8 cm³/mol. The standard InChI is InChI=1S/C16H22N2O2/c1-17-9-4-5-12-11-18(10-8-14(12)17)16(20)13-6-2-3-7-15(13)19/h2-3,6-7,12,14,19H,4-5,8-11H2,1H3. The van der Waals surface area contributed by atoms with Crippen LogP contribution in [-0.4, -0.2) is 53.5 Å². The Bertz CT molecular complexity index is 503. The lowest BCUT2D eigenvalue weighted by Gasteiger charge is -2.46. The van der Waals surface area contributed by atoms with Gasteiger partial charge in [-0.15, -0.1) is 0 Å². The Morgan fingerprint density at radius 3 is 2.85 bits per heavy atom. The molecule has 0 spiro atoms. The van der Waals surface area contributed by atoms with Gasteiger partial charge in [0.1, 0.15) is 5.75 Å². The fourth-order valence-electron chi connectivity index (χ4n) is 3.66. The Labute approximate surface area is 120 Å². The fourth-order valence-corrected chi connectivity index (χ4v) is 3.66. The van der Waals surface area contributed by atoms with Crippen LogP contribution in [0.25, 0.3) is 0 Å². The molecule has 20 heavy (non-hydrogen) atoms. The van der Waals surface area contributed by atoms with E-state index in [4.69, 9.17) is 0 Å². The van der Waals surface area contributed by atoms with Crippen LogP contribution in [0.5, 0.6) is 5.75 Å². The second kappa shape index (κ2) is 5.44. The molecule has 2 aliphatic heterocycles. The molecule has 0 saturated carbocycles. The minimum atomic E-state index is -0.0326. The SMILES string of the molecule is CN1CCCC2CN(C(=O)c3ccccc3O)CCC21. The summed E-state index contributed by atoms with van der Waals surface area (Å²) in [6.45, 7) is 2.79. The first-order valence-electron chi connectivity index (χ1n) is 7.44. The lowest BCUT2D eigenvalue weighted by Crippen LogP contribution is -2.53. The Hall–Kier alpha value is -1.55. The van der Waals surface area contributed by atoms with Crippen molar-refractivity contribution < 1.29 is 9.90 Å². The lowest BCUT2D eigenvalue weighted by molar-refractivity contribution is 0.0315. The minimum absolute atomic E-state index is 0.0326. The third kappa shape index (κ3) is 2.40. The molecule has 1 aromatic rings. The van der Waals surface area contributed by atoms with Crippen molar-refractivity contribution in [1.29, 1.82) is 0 Å². The van der Waals surface area contributed by atoms with Crippen LogP contribution in [0.3, 0.4) is 0 Å². The molecule has 0 aromatic heterocycles. The van der Waals surface area contributed by atoms with E-state index in [1.807, 2.05) is 4.90 Å². The van der Waals surface area contributed by atoms with Gasteiger partial charge in [0.2, 0.25) is 0 Å². The summed E-state index contributed by atoms with van der Waals surface area (Å²) >= 11 is 0. The van der Waals surface area contributed by atoms with Crippen LogP contribution < -0.4 is 0 Å². The van der Waals surface area contributed by atoms with Crippen molar-refractivity contribution in [1.82, 2.24) is 9.80 Å². The van der Waals surface area contributed by atoms with E-state index in [2.05, 4.69) is 11.9 Å². The van der Waals surface area contributed by atoms with E-state index in [0.29, 0.717) is 17.5 Å². The summed E-state index contributed by atoms with van der Waals surface area (Å²) in [5.74, 6) is 0.632. The molecule has 3 rings (SSSR count). The van der Waals surface area contributed by atoms with E-state index in [9.17, 15) is 9.90 Å². The van der Waals surface area contributed by atoms with Crippen LogP contribution in [0.2, 0.25) is 0 Å². The van der Waals surface area contributed by atoms with Gasteiger partial charge in [-0.25, -0.2) is 0 Å². The monoisotopic (exact) mass is 274 g/mol. The molecular weight excluding hydrogens is 252 g/mol. The van der Waals surface area contributed by atoms with Gasteiger partial charge < -0.3 is 14.9 Å². The Balaban J connectivity index is 1.73. The average Bonchev–Trinajstić information content (AvgIpc) is 2.47. The van der Waals surface area contributed by atoms with E-state index in [1.54, 1.807) is 24.3 Å². The highest BCUT2D eigenvalue weighted by Crippen LogP contribution is 2.30. The third-order valence-electron chi connectivity index (χ3n) is 4.77. The summed E-state index contributed by atoms with van der Waals surface area (Å²) in [6, 6.07) is 7.45. The van der Waals surface area contributed by atoms with Crippen molar-refractivity contribution >= 4 is 5.91 Å². The molecular formula is C16H22N2O2. The molecule has 1 N–H and O–H groups in total. The van der Waals surface area contributed by atoms with Gasteiger partial charge in [-0.3, -0.25) is 4.79 Å². The number of para-hydroxylation sites is 1. The van der Waals surface area contributed by atoms with Crippen molar-refractivity contribution in [2.45, 2.75) is 25.3 Å². The smallest absolute Gasteiger partial charge is 0.257 e. The number of likely N-dealkylation sites (tertiary alicyclic amines) is 2. The van der Waals surface area contributed by atoms with Gasteiger partial charge in [0.25, 0.3) is 5.91 Å². The van der Waals surface area contributed by atoms with Crippen LogP contribution in [0.1, 0.15) is 29.6 Å². The lowest BCUT2D eigenvalue weighted by atomic mass is 9.84. The maximum Gasteiger partial charge on any atom is 0.257 e. The number of amides is 1. The van der Waals surface area contributed by atoms with Crippen LogP contribution in [0, 0.1) is 5.92 Å². The van der Waals surface area contributed by atoms with E-state index in [-0.39, 0.29) is 11.7 Å². The Kier molecular flexibility index (Phi) is 3.66. The summed E-state index contributed by atoms with van der Waals surface area (Å²) in [7, 11) is 2.19. The van der Waals surface area contributed by atoms with E-state index in [1.165, 1.54) is 19.4 Å². The zero-order valence-electron chi connectivity index (χ0n) is 12.0. The number of aromatic hydroxyl groups is 1. The largest absolute Gasteiger partial charge is 0.507 e. The third-order valence-corrected chi connectivity index (χ3v) is 4.77. The summed E-state index contributed by atoms with van der Waals surface area (Å²) in [4.78, 5) is 16.9. The number of phenolic OH excluding ortho intramolecular Hbond substituents is 1. The van der Waals surface area contributed by atoms with Gasteiger partial charge in [0.05, 0.1) is 5.56 Å². The van der Waals surface area contributed by atoms with Crippen LogP contribution in [-0.2, 0) is 0 Å². The number of hydrogen-bond acceptors (Lipinski definition) is 3. The van der Waals surface area contributed by atoms with Crippen molar-refractivity contribution in [2.75, 3.05) is 26.7 Å². The summed E-state index contributed by atoms with van der Waals surface area (Å²) in [5, 5.41) is 9.83. The maximum absolute atomic E-state index is 12.5. The van der Waals surface area contributed by atoms with Gasteiger partial charge in [0, 0.05) is 19.1 Å². The second-order valence-corrected chi connectivity index (χ2v) is 6.01. The molecule has 0 aliphatic carbocycles. The average molecular weight is 274 g/mol. The van der Waals surface area contributed by atoms with Crippen molar-refractivity contribution in [2.24, 2.45) is 5.92 Å². The molecule has 2 atom stereocenters. The van der Waals surface area contributed by atoms with Gasteiger partial charge in [0.15, 0.2) is 0 Å². The highest BCUT2D eigenvalue weighted by molar-refractivity contribution is 5.96. The molecule has 2 heterocycles. The highest BCUT2D eigenvalue weighted by Gasteiger charge is 2.36. The predicted octanol–water partition coefficient (Wildman–Crippen LogP) is 1.95. The first-order chi connectivity index (χ1) is 9.66. The van der Waals surface area contributed by atoms with Gasteiger partial charge in [-0.05, 0) is 50.9 Å². The molecule has 2 saturated heterocycles. The number of piperidine rings is 2. The number of phenols is 1. The number of carbonyl (C=O) groups is 1. The van der Waals surface area contributed by atoms with E-state index >= 15 is 0 Å². The molecule has 2 unspecified atom stereocenters. The minimum Gasteiger partial charge on any atom is -0.507 e. The second-order valence-electron chi connectivity index (χ2n) is 6.01. The maximum atomic E-state index is 12.5. The molecule has 2 aliphatic rings. The summed E-state index contributed by atoms with van der Waals surface area (Å²) in [5.41, 5.74) is 0.426. The van der Waals surface area contributed by atoms with Gasteiger partial charge in [-0.2, -0.15) is 0 Å². The highest BCUT2D eigenvalue weighted by atomic mass is 16.3. The quantitative estimate of drug-likeness (QED) is 0.851. The summed E-state index contributed by atoms with van der Waals surface area (Å²) in [6.07, 6.45) is 3.47. The normalized spacial score (nSPS) is 27.1. The van der Waals surface area contributed by atoms with Gasteiger partial charge >= 0.3 is 0 Å². The van der Waals surface area contributed by atoms with E-state index < -0.39 is 0 Å². The Morgan fingerprint density at radius 1 is 1.25 bits per heavy atom. The zero-order valence-corrected chi connectivity index (χ0v) is 12.0. The first kappa shape index (κ1) is 13.4. The number of rotatable bonds is 1. The first-order valence-corrected chi connectivity index (χ1v) is 7.44. The van der Waals surface area contributed by atoms with Crippen molar-refractivity contribution in [3.05, 3.63) is 29.8 Å². The van der Waals surface area contributed by atoms with Crippen LogP contribution in [0.15, 0.2) is 24.3 Å². The van der Waals surface area contributed by atoms with Crippen molar-refractivity contribution in [3.8, 4) is 5.75 Å². The fraction of sp³-hybridized carbons (Fsp3) is 0.562. The molecule has 4 nitrogen and oxygen atoms in total. The molecule has 1 aromatic carbocycles. The van der Waals surface area contributed by atoms with E-state index in [0.717, 1.165) is 19.5 Å². The number of benzene rings is 1. The number of nitrogens with zero attached hydrogens (tertiary/aromatic N) is 2. The number of fused-ring (bicyclic) bond motifs is 1. The van der Waals surface area contributed by atoms with Gasteiger partial charge in [-0.1, -0.05) is 12.1 Å². The topological polar surface area (TPSA) is 43.8 Å². The number of carbonyl (C=O) groups excluding carboxylic acids is 1. The number of hydrogen-bond donors (Lipinski definition) is 1. The molecule has 2 fully saturated rings. The van der Waals surface area contributed by atoms with Crippen molar-refractivity contribution in [3.63, 3.8) is 0 Å². The molecule has 1 amide bonds. The zero-order chi connectivity index (χ0) is 14.1. The van der Waals surface area contributed by atoms with Crippen LogP contribution in [0.4, 0.5) is 0 Å². The molecule has 0 radical (unpaired) electrons. The molecule has 0 bridgehead atoms.